The molecule has 2 aliphatic rings. The van der Waals surface area contributed by atoms with Crippen molar-refractivity contribution in [3.05, 3.63) is 59.7 Å². The molecule has 1 fully saturated rings. The van der Waals surface area contributed by atoms with Gasteiger partial charge in [0.25, 0.3) is 0 Å². The van der Waals surface area contributed by atoms with Crippen molar-refractivity contribution in [2.75, 3.05) is 24.5 Å². The third-order valence-electron chi connectivity index (χ3n) is 7.00. The van der Waals surface area contributed by atoms with Gasteiger partial charge in [0, 0.05) is 58.3 Å². The van der Waals surface area contributed by atoms with E-state index in [2.05, 4.69) is 61.2 Å². The molecule has 33 heavy (non-hydrogen) atoms. The fourth-order valence-corrected chi connectivity index (χ4v) is 4.84. The highest BCUT2D eigenvalue weighted by atomic mass is 16.5. The van der Waals surface area contributed by atoms with Crippen molar-refractivity contribution >= 4 is 17.5 Å². The topological polar surface area (TPSA) is 75.9 Å². The maximum absolute atomic E-state index is 12.4. The average molecular weight is 450 g/mol. The molecular weight excluding hydrogens is 414 g/mol. The van der Waals surface area contributed by atoms with Crippen molar-refractivity contribution in [3.8, 4) is 5.75 Å². The van der Waals surface area contributed by atoms with E-state index >= 15 is 0 Å². The molecule has 0 unspecified atom stereocenters. The molecule has 2 aliphatic heterocycles. The predicted molar refractivity (Wildman–Crippen MR) is 130 cm³/mol. The SMILES string of the molecule is CC(C)c1ccc(CN2CCC3(CCN(C(=O)CCC(N)=O)CC3)Oc3ccccc32)cc1. The number of anilines is 1. The van der Waals surface area contributed by atoms with Gasteiger partial charge < -0.3 is 20.3 Å². The van der Waals surface area contributed by atoms with Crippen LogP contribution in [0.2, 0.25) is 0 Å². The first kappa shape index (κ1) is 23.1. The Labute approximate surface area is 196 Å². The molecule has 0 atom stereocenters. The van der Waals surface area contributed by atoms with E-state index in [0.717, 1.165) is 43.8 Å². The van der Waals surface area contributed by atoms with E-state index in [-0.39, 0.29) is 24.3 Å². The van der Waals surface area contributed by atoms with E-state index in [0.29, 0.717) is 19.0 Å². The summed E-state index contributed by atoms with van der Waals surface area (Å²) >= 11 is 0. The monoisotopic (exact) mass is 449 g/mol. The lowest BCUT2D eigenvalue weighted by atomic mass is 9.87. The van der Waals surface area contributed by atoms with E-state index in [1.54, 1.807) is 0 Å². The smallest absolute Gasteiger partial charge is 0.223 e. The zero-order chi connectivity index (χ0) is 23.4. The molecule has 2 aromatic carbocycles. The highest BCUT2D eigenvalue weighted by Gasteiger charge is 2.40. The Morgan fingerprint density at radius 3 is 2.30 bits per heavy atom. The molecule has 6 heteroatoms. The number of likely N-dealkylation sites (tertiary alicyclic amines) is 1. The molecule has 1 spiro atoms. The van der Waals surface area contributed by atoms with Gasteiger partial charge in [-0.25, -0.2) is 0 Å². The summed E-state index contributed by atoms with van der Waals surface area (Å²) in [4.78, 5) is 27.7. The van der Waals surface area contributed by atoms with Crippen LogP contribution < -0.4 is 15.4 Å². The number of piperidine rings is 1. The third kappa shape index (κ3) is 5.49. The number of nitrogens with two attached hydrogens (primary N) is 1. The number of hydrogen-bond donors (Lipinski definition) is 1. The lowest BCUT2D eigenvalue weighted by Crippen LogP contribution is -2.50. The Morgan fingerprint density at radius 2 is 1.64 bits per heavy atom. The second-order valence-corrected chi connectivity index (χ2v) is 9.67. The van der Waals surface area contributed by atoms with Gasteiger partial charge in [0.05, 0.1) is 5.69 Å². The van der Waals surface area contributed by atoms with Crippen LogP contribution in [0.5, 0.6) is 5.75 Å². The van der Waals surface area contributed by atoms with Gasteiger partial charge in [0.1, 0.15) is 11.4 Å². The Balaban J connectivity index is 1.45. The van der Waals surface area contributed by atoms with Gasteiger partial charge in [0.15, 0.2) is 0 Å². The first-order chi connectivity index (χ1) is 15.8. The molecule has 2 amide bonds. The summed E-state index contributed by atoms with van der Waals surface area (Å²) in [5.74, 6) is 1.02. The number of rotatable bonds is 6. The number of para-hydroxylation sites is 2. The molecule has 2 heterocycles. The van der Waals surface area contributed by atoms with Gasteiger partial charge in [-0.1, -0.05) is 50.2 Å². The number of hydrogen-bond acceptors (Lipinski definition) is 4. The molecule has 2 N–H and O–H groups in total. The number of fused-ring (bicyclic) bond motifs is 1. The number of amides is 2. The zero-order valence-corrected chi connectivity index (χ0v) is 19.8. The van der Waals surface area contributed by atoms with Gasteiger partial charge >= 0.3 is 0 Å². The Morgan fingerprint density at radius 1 is 0.970 bits per heavy atom. The molecule has 6 nitrogen and oxygen atoms in total. The van der Waals surface area contributed by atoms with Crippen molar-refractivity contribution in [1.29, 1.82) is 0 Å². The number of nitrogens with zero attached hydrogens (tertiary/aromatic N) is 2. The van der Waals surface area contributed by atoms with Crippen LogP contribution in [0.15, 0.2) is 48.5 Å². The van der Waals surface area contributed by atoms with Crippen molar-refractivity contribution in [3.63, 3.8) is 0 Å². The quantitative estimate of drug-likeness (QED) is 0.716. The standard InChI is InChI=1S/C27H35N3O3/c1-20(2)22-9-7-21(8-10-22)19-30-18-15-27(33-24-6-4-3-5-23(24)30)13-16-29(17-14-27)26(32)12-11-25(28)31/h3-10,20H,11-19H2,1-2H3,(H2,28,31). The number of ether oxygens (including phenoxy) is 1. The van der Waals surface area contributed by atoms with E-state index in [4.69, 9.17) is 10.5 Å². The van der Waals surface area contributed by atoms with Crippen LogP contribution in [0.25, 0.3) is 0 Å². The minimum Gasteiger partial charge on any atom is -0.485 e. The van der Waals surface area contributed by atoms with Crippen LogP contribution >= 0.6 is 0 Å². The number of carbonyl (C=O) groups excluding carboxylic acids is 2. The molecule has 0 aliphatic carbocycles. The highest BCUT2D eigenvalue weighted by Crippen LogP contribution is 2.41. The van der Waals surface area contributed by atoms with Crippen LogP contribution in [-0.2, 0) is 16.1 Å². The molecule has 176 valence electrons. The van der Waals surface area contributed by atoms with Crippen LogP contribution in [0, 0.1) is 0 Å². The van der Waals surface area contributed by atoms with Gasteiger partial charge in [-0.3, -0.25) is 9.59 Å². The first-order valence-corrected chi connectivity index (χ1v) is 12.0. The minimum atomic E-state index is -0.431. The third-order valence-corrected chi connectivity index (χ3v) is 7.00. The summed E-state index contributed by atoms with van der Waals surface area (Å²) in [5.41, 5.74) is 8.70. The summed E-state index contributed by atoms with van der Waals surface area (Å²) in [5, 5.41) is 0. The fraction of sp³-hybridized carbons (Fsp3) is 0.481. The fourth-order valence-electron chi connectivity index (χ4n) is 4.84. The maximum atomic E-state index is 12.4. The second-order valence-electron chi connectivity index (χ2n) is 9.67. The first-order valence-electron chi connectivity index (χ1n) is 12.0. The second kappa shape index (κ2) is 9.86. The van der Waals surface area contributed by atoms with Crippen molar-refractivity contribution in [1.82, 2.24) is 4.90 Å². The van der Waals surface area contributed by atoms with Gasteiger partial charge in [-0.2, -0.15) is 0 Å². The Hall–Kier alpha value is -3.02. The van der Waals surface area contributed by atoms with Crippen LogP contribution in [0.3, 0.4) is 0 Å². The molecule has 2 aromatic rings. The molecule has 1 saturated heterocycles. The predicted octanol–water partition coefficient (Wildman–Crippen LogP) is 4.23. The lowest BCUT2D eigenvalue weighted by molar-refractivity contribution is -0.136. The molecule has 0 radical (unpaired) electrons. The maximum Gasteiger partial charge on any atom is 0.223 e. The Kier molecular flexibility index (Phi) is 6.91. The average Bonchev–Trinajstić information content (AvgIpc) is 2.95. The van der Waals surface area contributed by atoms with Gasteiger partial charge in [-0.15, -0.1) is 0 Å². The van der Waals surface area contributed by atoms with E-state index in [1.807, 2.05) is 11.0 Å². The minimum absolute atomic E-state index is 0.00384. The van der Waals surface area contributed by atoms with Crippen LogP contribution in [-0.4, -0.2) is 41.9 Å². The summed E-state index contributed by atoms with van der Waals surface area (Å²) in [7, 11) is 0. The summed E-state index contributed by atoms with van der Waals surface area (Å²) in [6, 6.07) is 17.2. The van der Waals surface area contributed by atoms with Crippen molar-refractivity contribution < 1.29 is 14.3 Å². The summed E-state index contributed by atoms with van der Waals surface area (Å²) in [6.07, 6.45) is 2.79. The van der Waals surface area contributed by atoms with Crippen molar-refractivity contribution in [2.24, 2.45) is 5.73 Å². The molecular formula is C27H35N3O3. The highest BCUT2D eigenvalue weighted by molar-refractivity contribution is 5.83. The van der Waals surface area contributed by atoms with Crippen molar-refractivity contribution in [2.45, 2.75) is 64.0 Å². The van der Waals surface area contributed by atoms with E-state index < -0.39 is 5.91 Å². The Bertz CT molecular complexity index is 978. The van der Waals surface area contributed by atoms with Gasteiger partial charge in [0.2, 0.25) is 11.8 Å². The number of primary amides is 1. The number of benzene rings is 2. The van der Waals surface area contributed by atoms with Crippen LogP contribution in [0.1, 0.15) is 63.0 Å². The number of carbonyl (C=O) groups is 2. The normalized spacial score (nSPS) is 17.4. The van der Waals surface area contributed by atoms with Gasteiger partial charge in [-0.05, 0) is 29.2 Å². The molecule has 0 bridgehead atoms. The lowest BCUT2D eigenvalue weighted by Gasteiger charge is -2.41. The largest absolute Gasteiger partial charge is 0.485 e. The summed E-state index contributed by atoms with van der Waals surface area (Å²) < 4.78 is 6.68. The molecule has 0 saturated carbocycles. The van der Waals surface area contributed by atoms with E-state index in [9.17, 15) is 9.59 Å². The summed E-state index contributed by atoms with van der Waals surface area (Å²) in [6.45, 7) is 7.47. The molecule has 0 aromatic heterocycles. The zero-order valence-electron chi connectivity index (χ0n) is 19.8. The van der Waals surface area contributed by atoms with Crippen LogP contribution in [0.4, 0.5) is 5.69 Å². The molecule has 4 rings (SSSR count). The van der Waals surface area contributed by atoms with E-state index in [1.165, 1.54) is 11.1 Å².